The molecule has 0 spiro atoms. The van der Waals surface area contributed by atoms with Gasteiger partial charge in [-0.25, -0.2) is 4.39 Å². The highest BCUT2D eigenvalue weighted by atomic mass is 19.1. The predicted octanol–water partition coefficient (Wildman–Crippen LogP) is 4.44. The molecule has 0 aliphatic carbocycles. The monoisotopic (exact) mass is 210 g/mol. The highest BCUT2D eigenvalue weighted by Gasteiger charge is 2.09. The smallest absolute Gasteiger partial charge is 0.138 e. The molecule has 0 saturated carbocycles. The number of rotatable bonds is 0. The molecule has 0 fully saturated rings. The number of benzene rings is 3. The number of halogens is 1. The van der Waals surface area contributed by atoms with Crippen LogP contribution in [0.2, 0.25) is 0 Å². The normalized spacial score (nSPS) is 11.1. The van der Waals surface area contributed by atoms with Crippen molar-refractivity contribution in [3.63, 3.8) is 0 Å². The van der Waals surface area contributed by atoms with E-state index in [0.29, 0.717) is 10.8 Å². The molecule has 3 aromatic carbocycles. The maximum atomic E-state index is 14.2. The minimum Gasteiger partial charge on any atom is -0.206 e. The first-order valence-electron chi connectivity index (χ1n) is 5.34. The van der Waals surface area contributed by atoms with Crippen molar-refractivity contribution in [3.8, 4) is 0 Å². The Kier molecular flexibility index (Phi) is 1.93. The van der Waals surface area contributed by atoms with Crippen LogP contribution in [0.15, 0.2) is 48.5 Å². The van der Waals surface area contributed by atoms with Gasteiger partial charge in [0.2, 0.25) is 0 Å². The van der Waals surface area contributed by atoms with Crippen LogP contribution in [0.4, 0.5) is 4.39 Å². The SMILES string of the molecule is Cc1c2ccccc2c(F)c2ccccc12. The number of hydrogen-bond donors (Lipinski definition) is 0. The molecule has 0 aliphatic heterocycles. The van der Waals surface area contributed by atoms with E-state index < -0.39 is 0 Å². The summed E-state index contributed by atoms with van der Waals surface area (Å²) in [5.74, 6) is -0.114. The highest BCUT2D eigenvalue weighted by molar-refractivity contribution is 6.02. The molecule has 0 aliphatic rings. The summed E-state index contributed by atoms with van der Waals surface area (Å²) in [5, 5.41) is 3.41. The van der Waals surface area contributed by atoms with Crippen LogP contribution in [0.1, 0.15) is 5.56 Å². The Morgan fingerprint density at radius 2 is 1.06 bits per heavy atom. The second-order valence-corrected chi connectivity index (χ2v) is 4.03. The zero-order chi connectivity index (χ0) is 11.1. The number of hydrogen-bond acceptors (Lipinski definition) is 0. The molecule has 0 atom stereocenters. The lowest BCUT2D eigenvalue weighted by Crippen LogP contribution is -1.87. The van der Waals surface area contributed by atoms with Crippen LogP contribution < -0.4 is 0 Å². The van der Waals surface area contributed by atoms with Gasteiger partial charge >= 0.3 is 0 Å². The maximum absolute atomic E-state index is 14.2. The summed E-state index contributed by atoms with van der Waals surface area (Å²) in [6, 6.07) is 15.3. The molecule has 78 valence electrons. The summed E-state index contributed by atoms with van der Waals surface area (Å²) >= 11 is 0. The first kappa shape index (κ1) is 9.34. The fraction of sp³-hybridized carbons (Fsp3) is 0.0667. The molecule has 3 aromatic rings. The zero-order valence-electron chi connectivity index (χ0n) is 9.00. The van der Waals surface area contributed by atoms with Gasteiger partial charge in [-0.05, 0) is 23.3 Å². The highest BCUT2D eigenvalue weighted by Crippen LogP contribution is 2.30. The van der Waals surface area contributed by atoms with E-state index in [2.05, 4.69) is 0 Å². The molecule has 0 nitrogen and oxygen atoms in total. The lowest BCUT2D eigenvalue weighted by molar-refractivity contribution is 0.651. The summed E-state index contributed by atoms with van der Waals surface area (Å²) < 4.78 is 14.2. The Balaban J connectivity index is 2.67. The van der Waals surface area contributed by atoms with Gasteiger partial charge < -0.3 is 0 Å². The van der Waals surface area contributed by atoms with Gasteiger partial charge in [0.05, 0.1) is 0 Å². The predicted molar refractivity (Wildman–Crippen MR) is 66.1 cm³/mol. The average Bonchev–Trinajstić information content (AvgIpc) is 2.36. The summed E-state index contributed by atoms with van der Waals surface area (Å²) in [6.07, 6.45) is 0. The van der Waals surface area contributed by atoms with E-state index in [1.165, 1.54) is 0 Å². The van der Waals surface area contributed by atoms with E-state index in [1.54, 1.807) is 0 Å². The fourth-order valence-corrected chi connectivity index (χ4v) is 2.29. The van der Waals surface area contributed by atoms with E-state index in [9.17, 15) is 4.39 Å². The molecule has 0 radical (unpaired) electrons. The Morgan fingerprint density at radius 3 is 1.50 bits per heavy atom. The molecule has 0 heterocycles. The third-order valence-electron chi connectivity index (χ3n) is 3.14. The Labute approximate surface area is 93.3 Å². The van der Waals surface area contributed by atoms with Crippen LogP contribution in [-0.4, -0.2) is 0 Å². The van der Waals surface area contributed by atoms with Gasteiger partial charge in [0, 0.05) is 10.8 Å². The molecule has 0 bridgehead atoms. The standard InChI is InChI=1S/C15H11F/c1-10-11-6-2-4-8-13(11)15(16)14-9-5-3-7-12(10)14/h2-9H,1H3. The van der Waals surface area contributed by atoms with E-state index in [-0.39, 0.29) is 5.82 Å². The molecular weight excluding hydrogens is 199 g/mol. The first-order valence-corrected chi connectivity index (χ1v) is 5.34. The van der Waals surface area contributed by atoms with Gasteiger partial charge in [-0.1, -0.05) is 48.5 Å². The van der Waals surface area contributed by atoms with Gasteiger partial charge in [-0.2, -0.15) is 0 Å². The van der Waals surface area contributed by atoms with Gasteiger partial charge in [0.1, 0.15) is 5.82 Å². The van der Waals surface area contributed by atoms with Gasteiger partial charge in [0.25, 0.3) is 0 Å². The minimum absolute atomic E-state index is 0.114. The van der Waals surface area contributed by atoms with Crippen LogP contribution in [0.25, 0.3) is 21.5 Å². The molecule has 1 heteroatoms. The van der Waals surface area contributed by atoms with Crippen LogP contribution in [0, 0.1) is 12.7 Å². The average molecular weight is 210 g/mol. The summed E-state index contributed by atoms with van der Waals surface area (Å²) in [4.78, 5) is 0. The van der Waals surface area contributed by atoms with Crippen molar-refractivity contribution in [2.24, 2.45) is 0 Å². The summed E-state index contributed by atoms with van der Waals surface area (Å²) in [7, 11) is 0. The molecule has 3 rings (SSSR count). The van der Waals surface area contributed by atoms with Crippen molar-refractivity contribution in [2.75, 3.05) is 0 Å². The van der Waals surface area contributed by atoms with E-state index >= 15 is 0 Å². The van der Waals surface area contributed by atoms with E-state index in [1.807, 2.05) is 55.5 Å². The Bertz CT molecular complexity index is 566. The molecule has 0 N–H and O–H groups in total. The van der Waals surface area contributed by atoms with Crippen molar-refractivity contribution < 1.29 is 4.39 Å². The zero-order valence-corrected chi connectivity index (χ0v) is 9.00. The first-order chi connectivity index (χ1) is 7.79. The van der Waals surface area contributed by atoms with Crippen LogP contribution >= 0.6 is 0 Å². The number of aryl methyl sites for hydroxylation is 1. The molecule has 0 aromatic heterocycles. The summed E-state index contributed by atoms with van der Waals surface area (Å²) in [6.45, 7) is 2.05. The van der Waals surface area contributed by atoms with Crippen molar-refractivity contribution in [1.82, 2.24) is 0 Å². The fourth-order valence-electron chi connectivity index (χ4n) is 2.29. The van der Waals surface area contributed by atoms with Gasteiger partial charge in [0.15, 0.2) is 0 Å². The lowest BCUT2D eigenvalue weighted by atomic mass is 9.97. The lowest BCUT2D eigenvalue weighted by Gasteiger charge is -2.08. The van der Waals surface area contributed by atoms with E-state index in [4.69, 9.17) is 0 Å². The minimum atomic E-state index is -0.114. The number of fused-ring (bicyclic) bond motifs is 2. The second kappa shape index (κ2) is 3.31. The Hall–Kier alpha value is -1.89. The third-order valence-corrected chi connectivity index (χ3v) is 3.14. The largest absolute Gasteiger partial charge is 0.206 e. The van der Waals surface area contributed by atoms with Gasteiger partial charge in [-0.15, -0.1) is 0 Å². The molecule has 0 amide bonds. The van der Waals surface area contributed by atoms with Crippen LogP contribution in [0.3, 0.4) is 0 Å². The molecular formula is C15H11F. The second-order valence-electron chi connectivity index (χ2n) is 4.03. The Morgan fingerprint density at radius 1 is 0.688 bits per heavy atom. The maximum Gasteiger partial charge on any atom is 0.138 e. The van der Waals surface area contributed by atoms with Crippen molar-refractivity contribution in [1.29, 1.82) is 0 Å². The quantitative estimate of drug-likeness (QED) is 0.481. The third kappa shape index (κ3) is 1.15. The van der Waals surface area contributed by atoms with E-state index in [0.717, 1.165) is 16.3 Å². The molecule has 0 saturated heterocycles. The van der Waals surface area contributed by atoms with Crippen molar-refractivity contribution in [2.45, 2.75) is 6.92 Å². The molecule has 16 heavy (non-hydrogen) atoms. The van der Waals surface area contributed by atoms with Gasteiger partial charge in [-0.3, -0.25) is 0 Å². The van der Waals surface area contributed by atoms with Crippen LogP contribution in [-0.2, 0) is 0 Å². The summed E-state index contributed by atoms with van der Waals surface area (Å²) in [5.41, 5.74) is 1.15. The van der Waals surface area contributed by atoms with Crippen LogP contribution in [0.5, 0.6) is 0 Å². The molecule has 0 unspecified atom stereocenters. The van der Waals surface area contributed by atoms with Crippen molar-refractivity contribution >= 4 is 21.5 Å². The van der Waals surface area contributed by atoms with Crippen molar-refractivity contribution in [3.05, 3.63) is 59.9 Å². The topological polar surface area (TPSA) is 0 Å².